The minimum atomic E-state index is -0.0436. The lowest BCUT2D eigenvalue weighted by Crippen LogP contribution is -2.36. The fourth-order valence-electron chi connectivity index (χ4n) is 2.96. The summed E-state index contributed by atoms with van der Waals surface area (Å²) < 4.78 is 0. The molecular formula is C17H20N2OS. The Morgan fingerprint density at radius 1 is 1.33 bits per heavy atom. The van der Waals surface area contributed by atoms with E-state index in [1.165, 1.54) is 22.6 Å². The molecule has 0 bridgehead atoms. The van der Waals surface area contributed by atoms with Crippen LogP contribution in [0, 0.1) is 0 Å². The molecule has 21 heavy (non-hydrogen) atoms. The van der Waals surface area contributed by atoms with Crippen LogP contribution in [-0.4, -0.2) is 19.0 Å². The van der Waals surface area contributed by atoms with Gasteiger partial charge in [0.1, 0.15) is 0 Å². The van der Waals surface area contributed by atoms with Crippen molar-refractivity contribution >= 4 is 28.6 Å². The number of thiophene rings is 1. The molecule has 0 saturated heterocycles. The van der Waals surface area contributed by atoms with Crippen molar-refractivity contribution in [2.75, 3.05) is 17.3 Å². The molecule has 110 valence electrons. The molecule has 0 aliphatic carbocycles. The van der Waals surface area contributed by atoms with E-state index < -0.39 is 0 Å². The van der Waals surface area contributed by atoms with Crippen molar-refractivity contribution in [3.05, 3.63) is 46.2 Å². The lowest BCUT2D eigenvalue weighted by atomic mass is 9.81. The maximum atomic E-state index is 12.1. The van der Waals surface area contributed by atoms with Crippen LogP contribution in [0.2, 0.25) is 0 Å². The van der Waals surface area contributed by atoms with E-state index in [-0.39, 0.29) is 11.3 Å². The molecule has 2 aromatic rings. The molecule has 0 saturated carbocycles. The number of benzene rings is 1. The Morgan fingerprint density at radius 3 is 2.76 bits per heavy atom. The summed E-state index contributed by atoms with van der Waals surface area (Å²) in [5, 5.41) is 4.89. The van der Waals surface area contributed by atoms with E-state index in [0.29, 0.717) is 6.04 Å². The number of rotatable bonds is 2. The number of carbonyl (C=O) groups excluding carboxylic acids is 1. The highest BCUT2D eigenvalue weighted by atomic mass is 32.1. The van der Waals surface area contributed by atoms with Gasteiger partial charge in [0.25, 0.3) is 5.91 Å². The van der Waals surface area contributed by atoms with Gasteiger partial charge in [0, 0.05) is 29.9 Å². The minimum Gasteiger partial charge on any atom is -0.371 e. The Hall–Kier alpha value is -1.81. The zero-order valence-corrected chi connectivity index (χ0v) is 13.6. The first-order chi connectivity index (χ1) is 9.91. The van der Waals surface area contributed by atoms with Gasteiger partial charge in [0.15, 0.2) is 0 Å². The van der Waals surface area contributed by atoms with E-state index in [1.54, 1.807) is 0 Å². The molecule has 4 heteroatoms. The zero-order valence-electron chi connectivity index (χ0n) is 12.8. The second-order valence-corrected chi connectivity index (χ2v) is 7.12. The molecule has 3 nitrogen and oxygen atoms in total. The first-order valence-corrected chi connectivity index (χ1v) is 8.01. The molecule has 3 rings (SSSR count). The number of anilines is 2. The Kier molecular flexibility index (Phi) is 3.29. The van der Waals surface area contributed by atoms with Gasteiger partial charge < -0.3 is 10.2 Å². The molecule has 1 aromatic heterocycles. The van der Waals surface area contributed by atoms with E-state index in [4.69, 9.17) is 0 Å². The lowest BCUT2D eigenvalue weighted by Gasteiger charge is -2.28. The smallest absolute Gasteiger partial charge is 0.265 e. The number of hydrogen-bond donors (Lipinski definition) is 1. The highest BCUT2D eigenvalue weighted by Crippen LogP contribution is 2.45. The fraction of sp³-hybridized carbons (Fsp3) is 0.353. The molecule has 1 aliphatic rings. The summed E-state index contributed by atoms with van der Waals surface area (Å²) in [6, 6.07) is 10.4. The second kappa shape index (κ2) is 4.88. The zero-order chi connectivity index (χ0) is 15.2. The van der Waals surface area contributed by atoms with Crippen LogP contribution < -0.4 is 10.2 Å². The van der Waals surface area contributed by atoms with Gasteiger partial charge in [0.05, 0.1) is 4.88 Å². The van der Waals surface area contributed by atoms with Crippen molar-refractivity contribution < 1.29 is 4.79 Å². The highest BCUT2D eigenvalue weighted by Gasteiger charge is 2.40. The lowest BCUT2D eigenvalue weighted by molar-refractivity contribution is 0.103. The molecule has 1 aromatic carbocycles. The number of nitrogens with zero attached hydrogens (tertiary/aromatic N) is 1. The number of fused-ring (bicyclic) bond motifs is 1. The molecule has 0 radical (unpaired) electrons. The van der Waals surface area contributed by atoms with Gasteiger partial charge in [-0.15, -0.1) is 11.3 Å². The summed E-state index contributed by atoms with van der Waals surface area (Å²) in [5.74, 6) is -0.0436. The maximum Gasteiger partial charge on any atom is 0.265 e. The van der Waals surface area contributed by atoms with Crippen molar-refractivity contribution in [3.8, 4) is 0 Å². The van der Waals surface area contributed by atoms with Crippen LogP contribution >= 0.6 is 11.3 Å². The monoisotopic (exact) mass is 300 g/mol. The average Bonchev–Trinajstić information content (AvgIpc) is 3.04. The first-order valence-electron chi connectivity index (χ1n) is 7.13. The number of likely N-dealkylation sites (N-methyl/N-ethyl adjacent to an activating group) is 1. The summed E-state index contributed by atoms with van der Waals surface area (Å²) >= 11 is 1.45. The maximum absolute atomic E-state index is 12.1. The summed E-state index contributed by atoms with van der Waals surface area (Å²) in [6.07, 6.45) is 0. The molecule has 1 aliphatic heterocycles. The molecule has 0 fully saturated rings. The number of carbonyl (C=O) groups is 1. The van der Waals surface area contributed by atoms with Crippen LogP contribution in [0.1, 0.15) is 36.0 Å². The number of nitrogens with one attached hydrogen (secondary N) is 1. The van der Waals surface area contributed by atoms with Crippen molar-refractivity contribution in [3.63, 3.8) is 0 Å². The predicted octanol–water partition coefficient (Wildman–Crippen LogP) is 4.12. The van der Waals surface area contributed by atoms with Crippen LogP contribution in [0.5, 0.6) is 0 Å². The van der Waals surface area contributed by atoms with Crippen LogP contribution in [0.4, 0.5) is 11.4 Å². The summed E-state index contributed by atoms with van der Waals surface area (Å²) in [4.78, 5) is 15.2. The highest BCUT2D eigenvalue weighted by molar-refractivity contribution is 7.12. The third-order valence-corrected chi connectivity index (χ3v) is 5.57. The second-order valence-electron chi connectivity index (χ2n) is 6.17. The van der Waals surface area contributed by atoms with Crippen LogP contribution in [0.25, 0.3) is 0 Å². The quantitative estimate of drug-likeness (QED) is 0.905. The van der Waals surface area contributed by atoms with Crippen LogP contribution in [0.15, 0.2) is 35.7 Å². The molecule has 1 N–H and O–H groups in total. The van der Waals surface area contributed by atoms with Gasteiger partial charge in [-0.25, -0.2) is 0 Å². The Labute approximate surface area is 129 Å². The number of amides is 1. The van der Waals surface area contributed by atoms with Gasteiger partial charge in [-0.05, 0) is 36.1 Å². The fourth-order valence-corrected chi connectivity index (χ4v) is 3.58. The third-order valence-electron chi connectivity index (χ3n) is 4.70. The largest absolute Gasteiger partial charge is 0.371 e. The third kappa shape index (κ3) is 2.23. The van der Waals surface area contributed by atoms with Crippen molar-refractivity contribution in [2.24, 2.45) is 0 Å². The average molecular weight is 300 g/mol. The standard InChI is InChI=1S/C17H20N2OS/c1-11-17(2,3)13-8-7-12(10-14(13)19(11)4)18-16(20)15-6-5-9-21-15/h5-11H,1-4H3,(H,18,20). The Bertz CT molecular complexity index is 676. The molecule has 1 atom stereocenters. The van der Waals surface area contributed by atoms with Gasteiger partial charge in [-0.2, -0.15) is 0 Å². The Balaban J connectivity index is 1.90. The summed E-state index contributed by atoms with van der Waals surface area (Å²) in [5.41, 5.74) is 3.52. The topological polar surface area (TPSA) is 32.3 Å². The first kappa shape index (κ1) is 14.1. The predicted molar refractivity (Wildman–Crippen MR) is 89.6 cm³/mol. The van der Waals surface area contributed by atoms with Gasteiger partial charge in [0.2, 0.25) is 0 Å². The molecule has 1 amide bonds. The van der Waals surface area contributed by atoms with Crippen LogP contribution in [0.3, 0.4) is 0 Å². The van der Waals surface area contributed by atoms with Crippen molar-refractivity contribution in [1.82, 2.24) is 0 Å². The molecular weight excluding hydrogens is 280 g/mol. The van der Waals surface area contributed by atoms with Gasteiger partial charge >= 0.3 is 0 Å². The number of hydrogen-bond acceptors (Lipinski definition) is 3. The van der Waals surface area contributed by atoms with E-state index in [9.17, 15) is 4.79 Å². The minimum absolute atomic E-state index is 0.0436. The van der Waals surface area contributed by atoms with Gasteiger partial charge in [-0.1, -0.05) is 26.0 Å². The molecule has 2 heterocycles. The van der Waals surface area contributed by atoms with E-state index >= 15 is 0 Å². The van der Waals surface area contributed by atoms with Gasteiger partial charge in [-0.3, -0.25) is 4.79 Å². The van der Waals surface area contributed by atoms with Crippen molar-refractivity contribution in [1.29, 1.82) is 0 Å². The molecule has 0 spiro atoms. The van der Waals surface area contributed by atoms with E-state index in [1.807, 2.05) is 23.6 Å². The SMILES string of the molecule is CC1N(C)c2cc(NC(=O)c3cccs3)ccc2C1(C)C. The van der Waals surface area contributed by atoms with Crippen molar-refractivity contribution in [2.45, 2.75) is 32.2 Å². The normalized spacial score (nSPS) is 19.4. The summed E-state index contributed by atoms with van der Waals surface area (Å²) in [7, 11) is 2.11. The Morgan fingerprint density at radius 2 is 2.10 bits per heavy atom. The van der Waals surface area contributed by atoms with E-state index in [0.717, 1.165) is 10.6 Å². The summed E-state index contributed by atoms with van der Waals surface area (Å²) in [6.45, 7) is 6.78. The molecule has 1 unspecified atom stereocenters. The van der Waals surface area contributed by atoms with E-state index in [2.05, 4.69) is 50.2 Å². The van der Waals surface area contributed by atoms with Crippen LogP contribution in [-0.2, 0) is 5.41 Å².